The Hall–Kier alpha value is 0.390. The van der Waals surface area contributed by atoms with E-state index in [1.54, 1.807) is 0 Å². The molecule has 0 saturated carbocycles. The third-order valence-corrected chi connectivity index (χ3v) is 2.18. The van der Waals surface area contributed by atoms with Crippen molar-refractivity contribution in [2.24, 2.45) is 0 Å². The highest BCUT2D eigenvalue weighted by Crippen LogP contribution is 2.11. The molecular weight excluding hydrogens is 277 g/mol. The summed E-state index contributed by atoms with van der Waals surface area (Å²) in [5.74, 6) is 0. The summed E-state index contributed by atoms with van der Waals surface area (Å²) in [6.07, 6.45) is 5.12. The summed E-state index contributed by atoms with van der Waals surface area (Å²) >= 11 is 0. The number of hydrogen-bond donors (Lipinski definition) is 1. The summed E-state index contributed by atoms with van der Waals surface area (Å²) in [6.45, 7) is 4.13. The van der Waals surface area contributed by atoms with Gasteiger partial charge in [-0.1, -0.05) is 6.58 Å². The Kier molecular flexibility index (Phi) is 9.46. The van der Waals surface area contributed by atoms with Crippen LogP contribution in [0.15, 0.2) is 12.7 Å². The van der Waals surface area contributed by atoms with E-state index in [9.17, 15) is 0 Å². The molecule has 13 heavy (non-hydrogen) atoms. The maximum Gasteiger partial charge on any atom is 0.107 e. The molecular formula is C10H22INO. The van der Waals surface area contributed by atoms with Crippen LogP contribution in [0.3, 0.4) is 0 Å². The summed E-state index contributed by atoms with van der Waals surface area (Å²) in [5.41, 5.74) is 0. The van der Waals surface area contributed by atoms with Gasteiger partial charge >= 0.3 is 0 Å². The summed E-state index contributed by atoms with van der Waals surface area (Å²) in [5, 5.41) is 8.62. The second kappa shape index (κ2) is 7.76. The lowest BCUT2D eigenvalue weighted by atomic mass is 10.1. The van der Waals surface area contributed by atoms with Crippen LogP contribution < -0.4 is 24.0 Å². The molecule has 2 nitrogen and oxygen atoms in total. The first-order valence-electron chi connectivity index (χ1n) is 4.57. The molecule has 0 spiro atoms. The molecule has 1 N–H and O–H groups in total. The number of unbranched alkanes of at least 4 members (excludes halogenated alkanes) is 1. The van der Waals surface area contributed by atoms with Crippen molar-refractivity contribution in [3.8, 4) is 0 Å². The van der Waals surface area contributed by atoms with Crippen LogP contribution in [0.25, 0.3) is 0 Å². The lowest BCUT2D eigenvalue weighted by molar-refractivity contribution is -0.889. The second-order valence-corrected chi connectivity index (χ2v) is 4.14. The molecule has 0 rings (SSSR count). The molecule has 0 fully saturated rings. The van der Waals surface area contributed by atoms with Crippen LogP contribution in [-0.2, 0) is 0 Å². The molecule has 0 aromatic rings. The summed E-state index contributed by atoms with van der Waals surface area (Å²) in [6, 6.07) is 0.511. The molecule has 0 saturated heterocycles. The van der Waals surface area contributed by atoms with Crippen LogP contribution in [0.4, 0.5) is 0 Å². The minimum absolute atomic E-state index is 0. The number of hydrogen-bond acceptors (Lipinski definition) is 1. The smallest absolute Gasteiger partial charge is 0.107 e. The Morgan fingerprint density at radius 3 is 2.15 bits per heavy atom. The fourth-order valence-electron chi connectivity index (χ4n) is 1.29. The maximum atomic E-state index is 8.62. The van der Waals surface area contributed by atoms with Crippen molar-refractivity contribution in [3.05, 3.63) is 12.7 Å². The normalized spacial score (nSPS) is 13.2. The zero-order valence-electron chi connectivity index (χ0n) is 8.96. The molecule has 0 aliphatic carbocycles. The van der Waals surface area contributed by atoms with Gasteiger partial charge in [0, 0.05) is 13.0 Å². The number of rotatable bonds is 6. The largest absolute Gasteiger partial charge is 1.00 e. The summed E-state index contributed by atoms with van der Waals surface area (Å²) in [7, 11) is 6.52. The third-order valence-electron chi connectivity index (χ3n) is 2.18. The molecule has 0 bridgehead atoms. The first-order chi connectivity index (χ1) is 5.52. The topological polar surface area (TPSA) is 20.2 Å². The quantitative estimate of drug-likeness (QED) is 0.271. The third kappa shape index (κ3) is 7.46. The standard InChI is InChI=1S/C10H22NO.HI/c1-5-10(11(2,3)4)8-6-7-9-12;/h5,10,12H,1,6-9H2,2-4H3;1H/q+1;/p-1. The second-order valence-electron chi connectivity index (χ2n) is 4.14. The fraction of sp³-hybridized carbons (Fsp3) is 0.800. The van der Waals surface area contributed by atoms with E-state index < -0.39 is 0 Å². The fourth-order valence-corrected chi connectivity index (χ4v) is 1.29. The molecule has 1 atom stereocenters. The van der Waals surface area contributed by atoms with Gasteiger partial charge in [0.05, 0.1) is 21.1 Å². The SMILES string of the molecule is C=CC(CCCCO)[N+](C)(C)C.[I-]. The Bertz CT molecular complexity index is 131. The highest BCUT2D eigenvalue weighted by molar-refractivity contribution is 4.79. The van der Waals surface area contributed by atoms with Crippen molar-refractivity contribution in [1.82, 2.24) is 0 Å². The van der Waals surface area contributed by atoms with Crippen molar-refractivity contribution >= 4 is 0 Å². The van der Waals surface area contributed by atoms with Gasteiger partial charge in [0.15, 0.2) is 0 Å². The highest BCUT2D eigenvalue weighted by atomic mass is 127. The van der Waals surface area contributed by atoms with Gasteiger partial charge in [-0.05, 0) is 18.9 Å². The molecule has 0 aromatic heterocycles. The van der Waals surface area contributed by atoms with E-state index >= 15 is 0 Å². The number of aliphatic hydroxyl groups is 1. The van der Waals surface area contributed by atoms with E-state index in [0.717, 1.165) is 23.7 Å². The summed E-state index contributed by atoms with van der Waals surface area (Å²) < 4.78 is 0.926. The van der Waals surface area contributed by atoms with Crippen molar-refractivity contribution in [1.29, 1.82) is 0 Å². The van der Waals surface area contributed by atoms with Gasteiger partial charge in [0.1, 0.15) is 6.04 Å². The van der Waals surface area contributed by atoms with E-state index in [4.69, 9.17) is 5.11 Å². The van der Waals surface area contributed by atoms with Crippen molar-refractivity contribution in [2.45, 2.75) is 25.3 Å². The highest BCUT2D eigenvalue weighted by Gasteiger charge is 2.18. The number of likely N-dealkylation sites (N-methyl/N-ethyl adjacent to an activating group) is 1. The van der Waals surface area contributed by atoms with E-state index in [-0.39, 0.29) is 24.0 Å². The average molecular weight is 299 g/mol. The van der Waals surface area contributed by atoms with Gasteiger partial charge in [0.2, 0.25) is 0 Å². The van der Waals surface area contributed by atoms with E-state index in [1.807, 2.05) is 6.08 Å². The number of halogens is 1. The Morgan fingerprint density at radius 1 is 1.31 bits per heavy atom. The number of nitrogens with zero attached hydrogens (tertiary/aromatic N) is 1. The maximum absolute atomic E-state index is 8.62. The monoisotopic (exact) mass is 299 g/mol. The minimum Gasteiger partial charge on any atom is -1.00 e. The van der Waals surface area contributed by atoms with Crippen LogP contribution in [0.5, 0.6) is 0 Å². The van der Waals surface area contributed by atoms with E-state index in [0.29, 0.717) is 12.6 Å². The number of quaternary nitrogens is 1. The van der Waals surface area contributed by atoms with Gasteiger partial charge in [0.25, 0.3) is 0 Å². The Labute approximate surface area is 99.2 Å². The lowest BCUT2D eigenvalue weighted by Crippen LogP contribution is -3.00. The zero-order valence-corrected chi connectivity index (χ0v) is 11.1. The molecule has 3 heteroatoms. The van der Waals surface area contributed by atoms with Gasteiger partial charge in [-0.25, -0.2) is 0 Å². The first kappa shape index (κ1) is 15.8. The molecule has 0 aromatic carbocycles. The predicted octanol–water partition coefficient (Wildman–Crippen LogP) is -1.59. The Morgan fingerprint density at radius 2 is 1.85 bits per heavy atom. The predicted molar refractivity (Wildman–Crippen MR) is 53.0 cm³/mol. The van der Waals surface area contributed by atoms with Crippen molar-refractivity contribution in [3.63, 3.8) is 0 Å². The van der Waals surface area contributed by atoms with E-state index in [2.05, 4.69) is 27.7 Å². The molecule has 0 aliphatic heterocycles. The van der Waals surface area contributed by atoms with Crippen LogP contribution in [-0.4, -0.2) is 43.4 Å². The van der Waals surface area contributed by atoms with Crippen LogP contribution >= 0.6 is 0 Å². The first-order valence-corrected chi connectivity index (χ1v) is 4.57. The van der Waals surface area contributed by atoms with Crippen LogP contribution in [0, 0.1) is 0 Å². The molecule has 80 valence electrons. The van der Waals surface area contributed by atoms with Gasteiger partial charge in [-0.3, -0.25) is 0 Å². The van der Waals surface area contributed by atoms with E-state index in [1.165, 1.54) is 0 Å². The minimum atomic E-state index is 0. The van der Waals surface area contributed by atoms with Gasteiger partial charge in [-0.15, -0.1) is 0 Å². The van der Waals surface area contributed by atoms with Crippen LogP contribution in [0.1, 0.15) is 19.3 Å². The molecule has 1 unspecified atom stereocenters. The zero-order chi connectivity index (χ0) is 9.61. The molecule has 0 radical (unpaired) electrons. The van der Waals surface area contributed by atoms with Crippen molar-refractivity contribution in [2.75, 3.05) is 27.7 Å². The molecule has 0 aliphatic rings. The average Bonchev–Trinajstić information content (AvgIpc) is 1.95. The van der Waals surface area contributed by atoms with Gasteiger partial charge < -0.3 is 33.6 Å². The Balaban J connectivity index is 0. The summed E-state index contributed by atoms with van der Waals surface area (Å²) in [4.78, 5) is 0. The van der Waals surface area contributed by atoms with Gasteiger partial charge in [-0.2, -0.15) is 0 Å². The molecule has 0 amide bonds. The lowest BCUT2D eigenvalue weighted by Gasteiger charge is -2.32. The molecule has 0 heterocycles. The van der Waals surface area contributed by atoms with Crippen molar-refractivity contribution < 1.29 is 33.6 Å². The number of aliphatic hydroxyl groups excluding tert-OH is 1. The van der Waals surface area contributed by atoms with Crippen LogP contribution in [0.2, 0.25) is 0 Å².